The summed E-state index contributed by atoms with van der Waals surface area (Å²) in [7, 11) is -4.51. The molecule has 0 saturated heterocycles. The van der Waals surface area contributed by atoms with Crippen LogP contribution in [0.1, 0.15) is 49.7 Å². The van der Waals surface area contributed by atoms with Crippen molar-refractivity contribution in [1.82, 2.24) is 0 Å². The number of hydrogen-bond donors (Lipinski definition) is 3. The summed E-state index contributed by atoms with van der Waals surface area (Å²) in [5, 5.41) is 20.6. The molecule has 6 nitrogen and oxygen atoms in total. The Morgan fingerprint density at radius 2 is 2.00 bits per heavy atom. The first-order valence-electron chi connectivity index (χ1n) is 8.85. The van der Waals surface area contributed by atoms with Gasteiger partial charge >= 0.3 is 10.4 Å². The maximum Gasteiger partial charge on any atom is 0.446 e. The maximum atomic E-state index is 10.9. The summed E-state index contributed by atoms with van der Waals surface area (Å²) in [6.07, 6.45) is 2.95. The molecule has 2 fully saturated rings. The average molecular weight is 368 g/mol. The topological polar surface area (TPSA) is 104 Å². The van der Waals surface area contributed by atoms with E-state index in [1.54, 1.807) is 12.1 Å². The Bertz CT molecular complexity index is 791. The Labute approximate surface area is 147 Å². The number of aryl methyl sites for hydroxylation is 1. The number of benzene rings is 1. The smallest absolute Gasteiger partial charge is 0.390 e. The normalized spacial score (nSPS) is 40.1. The lowest BCUT2D eigenvalue weighted by atomic mass is 9.55. The SMILES string of the molecule is C[C@]12CC[C@@H]3c4ccc(OS(=O)(=O)O)cc4CC[C@H]3[C@@H]1C[C@H](O)[C@H]2O. The molecule has 25 heavy (non-hydrogen) atoms. The van der Waals surface area contributed by atoms with Crippen LogP contribution in [0.2, 0.25) is 0 Å². The van der Waals surface area contributed by atoms with E-state index in [-0.39, 0.29) is 11.2 Å². The standard InChI is InChI=1S/C18H24O6S/c1-18-7-6-13-12-5-3-11(24-25(21,22)23)8-10(12)2-4-14(13)15(18)9-16(19)17(18)20/h3,5,8,13-17,19-20H,2,4,6-7,9H2,1H3,(H,21,22,23)/t13-,14-,15+,16+,17-,18+/m1/s1. The van der Waals surface area contributed by atoms with Crippen LogP contribution in [0.4, 0.5) is 0 Å². The lowest BCUT2D eigenvalue weighted by molar-refractivity contribution is -0.0505. The van der Waals surface area contributed by atoms with Gasteiger partial charge in [0.25, 0.3) is 0 Å². The average Bonchev–Trinajstić information content (AvgIpc) is 2.76. The van der Waals surface area contributed by atoms with E-state index in [0.717, 1.165) is 31.2 Å². The van der Waals surface area contributed by atoms with Crippen molar-refractivity contribution in [2.45, 2.75) is 57.2 Å². The molecule has 0 unspecified atom stereocenters. The Hall–Kier alpha value is -1.15. The zero-order valence-corrected chi connectivity index (χ0v) is 14.9. The molecule has 3 aliphatic carbocycles. The highest BCUT2D eigenvalue weighted by Gasteiger charge is 2.57. The van der Waals surface area contributed by atoms with Gasteiger partial charge in [-0.1, -0.05) is 13.0 Å². The Kier molecular flexibility index (Phi) is 3.92. The fourth-order valence-corrected chi connectivity index (χ4v) is 6.07. The maximum absolute atomic E-state index is 10.9. The van der Waals surface area contributed by atoms with E-state index >= 15 is 0 Å². The van der Waals surface area contributed by atoms with Gasteiger partial charge in [-0.3, -0.25) is 4.55 Å². The second-order valence-electron chi connectivity index (χ2n) is 8.08. The summed E-state index contributed by atoms with van der Waals surface area (Å²) in [5.74, 6) is 1.22. The van der Waals surface area contributed by atoms with Crippen molar-refractivity contribution in [2.24, 2.45) is 17.3 Å². The molecule has 2 saturated carbocycles. The molecule has 0 heterocycles. The van der Waals surface area contributed by atoms with Crippen LogP contribution in [-0.4, -0.2) is 35.4 Å². The largest absolute Gasteiger partial charge is 0.446 e. The molecule has 0 aromatic heterocycles. The number of aliphatic hydroxyl groups is 2. The molecular weight excluding hydrogens is 344 g/mol. The van der Waals surface area contributed by atoms with Crippen molar-refractivity contribution in [3.8, 4) is 5.75 Å². The first kappa shape index (κ1) is 17.3. The highest BCUT2D eigenvalue weighted by Crippen LogP contribution is 2.60. The van der Waals surface area contributed by atoms with Crippen LogP contribution < -0.4 is 4.18 Å². The van der Waals surface area contributed by atoms with Crippen molar-refractivity contribution in [1.29, 1.82) is 0 Å². The van der Waals surface area contributed by atoms with Crippen LogP contribution in [0.25, 0.3) is 0 Å². The van der Waals surface area contributed by atoms with Gasteiger partial charge in [0.2, 0.25) is 0 Å². The summed E-state index contributed by atoms with van der Waals surface area (Å²) in [5.41, 5.74) is 2.05. The lowest BCUT2D eigenvalue weighted by Gasteiger charge is -2.49. The van der Waals surface area contributed by atoms with Crippen molar-refractivity contribution in [2.75, 3.05) is 0 Å². The molecule has 0 aliphatic heterocycles. The Balaban J connectivity index is 1.64. The monoisotopic (exact) mass is 368 g/mol. The van der Waals surface area contributed by atoms with Crippen LogP contribution in [0.3, 0.4) is 0 Å². The van der Waals surface area contributed by atoms with E-state index in [0.29, 0.717) is 24.2 Å². The third-order valence-electron chi connectivity index (χ3n) is 6.87. The van der Waals surface area contributed by atoms with Crippen molar-refractivity contribution in [3.63, 3.8) is 0 Å². The zero-order valence-electron chi connectivity index (χ0n) is 14.1. The first-order valence-corrected chi connectivity index (χ1v) is 10.2. The van der Waals surface area contributed by atoms with E-state index in [1.165, 1.54) is 5.56 Å². The molecule has 7 heteroatoms. The van der Waals surface area contributed by atoms with E-state index in [9.17, 15) is 18.6 Å². The van der Waals surface area contributed by atoms with Gasteiger partial charge in [-0.2, -0.15) is 8.42 Å². The molecule has 1 aromatic carbocycles. The second kappa shape index (κ2) is 5.67. The van der Waals surface area contributed by atoms with Crippen LogP contribution in [0.5, 0.6) is 5.75 Å². The second-order valence-corrected chi connectivity index (χ2v) is 9.10. The molecule has 0 amide bonds. The quantitative estimate of drug-likeness (QED) is 0.690. The molecule has 138 valence electrons. The Morgan fingerprint density at radius 1 is 1.24 bits per heavy atom. The van der Waals surface area contributed by atoms with Gasteiger partial charge in [0.1, 0.15) is 5.75 Å². The van der Waals surface area contributed by atoms with Gasteiger partial charge in [-0.25, -0.2) is 0 Å². The Morgan fingerprint density at radius 3 is 2.72 bits per heavy atom. The fourth-order valence-electron chi connectivity index (χ4n) is 5.72. The molecule has 6 atom stereocenters. The summed E-state index contributed by atoms with van der Waals surface area (Å²) in [6, 6.07) is 5.18. The molecule has 0 radical (unpaired) electrons. The lowest BCUT2D eigenvalue weighted by Crippen LogP contribution is -2.44. The third-order valence-corrected chi connectivity index (χ3v) is 7.28. The minimum atomic E-state index is -4.51. The third kappa shape index (κ3) is 2.77. The van der Waals surface area contributed by atoms with Gasteiger partial charge < -0.3 is 14.4 Å². The molecule has 0 spiro atoms. The van der Waals surface area contributed by atoms with E-state index in [4.69, 9.17) is 4.55 Å². The summed E-state index contributed by atoms with van der Waals surface area (Å²) in [4.78, 5) is 0. The van der Waals surface area contributed by atoms with Crippen molar-refractivity contribution >= 4 is 10.4 Å². The van der Waals surface area contributed by atoms with E-state index in [1.807, 2.05) is 6.07 Å². The minimum absolute atomic E-state index is 0.132. The van der Waals surface area contributed by atoms with Crippen LogP contribution >= 0.6 is 0 Å². The van der Waals surface area contributed by atoms with Gasteiger partial charge in [0.15, 0.2) is 0 Å². The first-order chi connectivity index (χ1) is 11.7. The van der Waals surface area contributed by atoms with Crippen LogP contribution in [-0.2, 0) is 16.8 Å². The fraction of sp³-hybridized carbons (Fsp3) is 0.667. The van der Waals surface area contributed by atoms with E-state index < -0.39 is 22.6 Å². The summed E-state index contributed by atoms with van der Waals surface area (Å²) in [6.45, 7) is 2.10. The molecule has 0 bridgehead atoms. The van der Waals surface area contributed by atoms with Crippen LogP contribution in [0.15, 0.2) is 18.2 Å². The molecule has 1 aromatic rings. The number of rotatable bonds is 2. The van der Waals surface area contributed by atoms with Crippen molar-refractivity contribution < 1.29 is 27.4 Å². The highest BCUT2D eigenvalue weighted by atomic mass is 32.3. The number of hydrogen-bond acceptors (Lipinski definition) is 5. The predicted octanol–water partition coefficient (Wildman–Crippen LogP) is 2.06. The van der Waals surface area contributed by atoms with Gasteiger partial charge in [0, 0.05) is 0 Å². The van der Waals surface area contributed by atoms with Crippen molar-refractivity contribution in [3.05, 3.63) is 29.3 Å². The number of aliphatic hydroxyl groups excluding tert-OH is 2. The van der Waals surface area contributed by atoms with E-state index in [2.05, 4.69) is 11.1 Å². The molecule has 4 rings (SSSR count). The van der Waals surface area contributed by atoms with Crippen LogP contribution in [0, 0.1) is 17.3 Å². The summed E-state index contributed by atoms with van der Waals surface area (Å²) >= 11 is 0. The summed E-state index contributed by atoms with van der Waals surface area (Å²) < 4.78 is 35.2. The highest BCUT2D eigenvalue weighted by molar-refractivity contribution is 7.81. The predicted molar refractivity (Wildman–Crippen MR) is 90.6 cm³/mol. The van der Waals surface area contributed by atoms with Gasteiger partial charge in [-0.05, 0) is 78.5 Å². The molecule has 3 aliphatic rings. The molecular formula is C18H24O6S. The van der Waals surface area contributed by atoms with Gasteiger partial charge in [-0.15, -0.1) is 0 Å². The number of fused-ring (bicyclic) bond motifs is 5. The van der Waals surface area contributed by atoms with Gasteiger partial charge in [0.05, 0.1) is 12.2 Å². The molecule has 3 N–H and O–H groups in total. The zero-order chi connectivity index (χ0) is 18.0. The minimum Gasteiger partial charge on any atom is -0.390 e.